The molecular formula is C20H26N2O3S. The number of para-hydroxylation sites is 1. The fraction of sp³-hybridized carbons (Fsp3) is 0.350. The third-order valence-corrected chi connectivity index (χ3v) is 5.87. The van der Waals surface area contributed by atoms with Gasteiger partial charge in [0.05, 0.1) is 11.4 Å². The SMILES string of the molecule is CCc1cccc(CC)c1NC(=O)CNS(=O)(=O)c1ccc(C)cc1C. The Morgan fingerprint density at radius 3 is 2.15 bits per heavy atom. The highest BCUT2D eigenvalue weighted by Crippen LogP contribution is 2.22. The van der Waals surface area contributed by atoms with Crippen molar-refractivity contribution in [1.29, 1.82) is 0 Å². The van der Waals surface area contributed by atoms with E-state index in [0.717, 1.165) is 35.2 Å². The summed E-state index contributed by atoms with van der Waals surface area (Å²) in [6, 6.07) is 11.0. The molecule has 0 saturated heterocycles. The highest BCUT2D eigenvalue weighted by molar-refractivity contribution is 7.89. The summed E-state index contributed by atoms with van der Waals surface area (Å²) in [5.41, 5.74) is 4.50. The first-order valence-corrected chi connectivity index (χ1v) is 10.2. The third kappa shape index (κ3) is 4.71. The molecule has 0 aliphatic heterocycles. The van der Waals surface area contributed by atoms with Crippen molar-refractivity contribution in [2.24, 2.45) is 0 Å². The van der Waals surface area contributed by atoms with Crippen LogP contribution in [0.25, 0.3) is 0 Å². The summed E-state index contributed by atoms with van der Waals surface area (Å²) in [4.78, 5) is 12.5. The Bertz CT molecular complexity index is 883. The quantitative estimate of drug-likeness (QED) is 0.780. The molecule has 0 atom stereocenters. The molecule has 0 saturated carbocycles. The van der Waals surface area contributed by atoms with Gasteiger partial charge in [-0.1, -0.05) is 49.7 Å². The van der Waals surface area contributed by atoms with Crippen LogP contribution in [0.5, 0.6) is 0 Å². The van der Waals surface area contributed by atoms with Gasteiger partial charge in [-0.3, -0.25) is 4.79 Å². The highest BCUT2D eigenvalue weighted by Gasteiger charge is 2.18. The van der Waals surface area contributed by atoms with Crippen LogP contribution in [0.3, 0.4) is 0 Å². The van der Waals surface area contributed by atoms with Crippen LogP contribution in [0.2, 0.25) is 0 Å². The molecule has 2 aromatic carbocycles. The molecule has 0 spiro atoms. The van der Waals surface area contributed by atoms with Crippen molar-refractivity contribution in [2.45, 2.75) is 45.4 Å². The Kier molecular flexibility index (Phi) is 6.56. The smallest absolute Gasteiger partial charge is 0.241 e. The van der Waals surface area contributed by atoms with Gasteiger partial charge in [0, 0.05) is 5.69 Å². The summed E-state index contributed by atoms with van der Waals surface area (Å²) in [5.74, 6) is -0.381. The van der Waals surface area contributed by atoms with Crippen LogP contribution < -0.4 is 10.0 Å². The summed E-state index contributed by atoms with van der Waals surface area (Å²) in [6.07, 6.45) is 1.58. The van der Waals surface area contributed by atoms with Gasteiger partial charge < -0.3 is 5.32 Å². The van der Waals surface area contributed by atoms with E-state index < -0.39 is 10.0 Å². The van der Waals surface area contributed by atoms with Crippen LogP contribution >= 0.6 is 0 Å². The second-order valence-electron chi connectivity index (χ2n) is 6.30. The van der Waals surface area contributed by atoms with Crippen molar-refractivity contribution in [1.82, 2.24) is 4.72 Å². The van der Waals surface area contributed by atoms with Crippen LogP contribution in [0.15, 0.2) is 41.3 Å². The lowest BCUT2D eigenvalue weighted by atomic mass is 10.0. The maximum atomic E-state index is 12.5. The fourth-order valence-corrected chi connectivity index (χ4v) is 4.13. The molecule has 0 radical (unpaired) electrons. The minimum atomic E-state index is -3.74. The average Bonchev–Trinajstić information content (AvgIpc) is 2.60. The predicted octanol–water partition coefficient (Wildman–Crippen LogP) is 3.35. The van der Waals surface area contributed by atoms with Gasteiger partial charge in [-0.05, 0) is 49.4 Å². The molecular weight excluding hydrogens is 348 g/mol. The van der Waals surface area contributed by atoms with Crippen LogP contribution in [-0.2, 0) is 27.7 Å². The number of hydrogen-bond donors (Lipinski definition) is 2. The van der Waals surface area contributed by atoms with Crippen LogP contribution in [0.1, 0.15) is 36.1 Å². The second-order valence-corrected chi connectivity index (χ2v) is 8.04. The first-order chi connectivity index (χ1) is 12.3. The van der Waals surface area contributed by atoms with Gasteiger partial charge in [-0.25, -0.2) is 13.1 Å². The van der Waals surface area contributed by atoms with Crippen molar-refractivity contribution in [3.05, 3.63) is 58.7 Å². The fourth-order valence-electron chi connectivity index (χ4n) is 2.93. The molecule has 2 rings (SSSR count). The van der Waals surface area contributed by atoms with Gasteiger partial charge in [0.1, 0.15) is 0 Å². The molecule has 0 bridgehead atoms. The number of aryl methyl sites for hydroxylation is 4. The van der Waals surface area contributed by atoms with Crippen LogP contribution in [0, 0.1) is 13.8 Å². The van der Waals surface area contributed by atoms with Crippen molar-refractivity contribution in [3.63, 3.8) is 0 Å². The lowest BCUT2D eigenvalue weighted by Crippen LogP contribution is -2.33. The van der Waals surface area contributed by atoms with E-state index in [-0.39, 0.29) is 17.3 Å². The summed E-state index contributed by atoms with van der Waals surface area (Å²) >= 11 is 0. The molecule has 5 nitrogen and oxygen atoms in total. The number of nitrogens with one attached hydrogen (secondary N) is 2. The van der Waals surface area contributed by atoms with Gasteiger partial charge >= 0.3 is 0 Å². The first-order valence-electron chi connectivity index (χ1n) is 8.76. The normalized spacial score (nSPS) is 11.4. The minimum Gasteiger partial charge on any atom is -0.324 e. The molecule has 1 amide bonds. The Labute approximate surface area is 155 Å². The molecule has 140 valence electrons. The van der Waals surface area contributed by atoms with Gasteiger partial charge in [0.15, 0.2) is 0 Å². The summed E-state index contributed by atoms with van der Waals surface area (Å²) in [7, 11) is -3.74. The maximum Gasteiger partial charge on any atom is 0.241 e. The minimum absolute atomic E-state index is 0.194. The van der Waals surface area contributed by atoms with E-state index in [4.69, 9.17) is 0 Å². The molecule has 0 unspecified atom stereocenters. The number of carbonyl (C=O) groups is 1. The summed E-state index contributed by atoms with van der Waals surface area (Å²) in [5, 5.41) is 2.86. The van der Waals surface area contributed by atoms with E-state index in [9.17, 15) is 13.2 Å². The van der Waals surface area contributed by atoms with Crippen molar-refractivity contribution >= 4 is 21.6 Å². The Hall–Kier alpha value is -2.18. The molecule has 26 heavy (non-hydrogen) atoms. The molecule has 0 aliphatic rings. The van der Waals surface area contributed by atoms with Gasteiger partial charge in [0.25, 0.3) is 0 Å². The molecule has 0 aliphatic carbocycles. The first kappa shape index (κ1) is 20.1. The van der Waals surface area contributed by atoms with E-state index >= 15 is 0 Å². The Balaban J connectivity index is 2.12. The van der Waals surface area contributed by atoms with E-state index in [1.807, 2.05) is 39.0 Å². The largest absolute Gasteiger partial charge is 0.324 e. The number of anilines is 1. The van der Waals surface area contributed by atoms with Crippen molar-refractivity contribution in [2.75, 3.05) is 11.9 Å². The summed E-state index contributed by atoms with van der Waals surface area (Å²) in [6.45, 7) is 7.38. The monoisotopic (exact) mass is 374 g/mol. The number of sulfonamides is 1. The van der Waals surface area contributed by atoms with Crippen molar-refractivity contribution < 1.29 is 13.2 Å². The second kappa shape index (κ2) is 8.47. The van der Waals surface area contributed by atoms with Gasteiger partial charge in [-0.15, -0.1) is 0 Å². The molecule has 0 aromatic heterocycles. The van der Waals surface area contributed by atoms with Crippen LogP contribution in [0.4, 0.5) is 5.69 Å². The zero-order valence-corrected chi connectivity index (χ0v) is 16.5. The third-order valence-electron chi connectivity index (χ3n) is 4.31. The summed E-state index contributed by atoms with van der Waals surface area (Å²) < 4.78 is 27.3. The lowest BCUT2D eigenvalue weighted by molar-refractivity contribution is -0.115. The molecule has 0 fully saturated rings. The molecule has 0 heterocycles. The zero-order valence-electron chi connectivity index (χ0n) is 15.7. The van der Waals surface area contributed by atoms with E-state index in [2.05, 4.69) is 10.0 Å². The highest BCUT2D eigenvalue weighted by atomic mass is 32.2. The number of rotatable bonds is 7. The Morgan fingerprint density at radius 1 is 1.00 bits per heavy atom. The maximum absolute atomic E-state index is 12.5. The Morgan fingerprint density at radius 2 is 1.62 bits per heavy atom. The molecule has 2 N–H and O–H groups in total. The van der Waals surface area contributed by atoms with Gasteiger partial charge in [0.2, 0.25) is 15.9 Å². The topological polar surface area (TPSA) is 75.3 Å². The van der Waals surface area contributed by atoms with Crippen molar-refractivity contribution in [3.8, 4) is 0 Å². The van der Waals surface area contributed by atoms with E-state index in [1.165, 1.54) is 0 Å². The van der Waals surface area contributed by atoms with Gasteiger partial charge in [-0.2, -0.15) is 0 Å². The number of benzene rings is 2. The molecule has 2 aromatic rings. The lowest BCUT2D eigenvalue weighted by Gasteiger charge is -2.15. The molecule has 6 heteroatoms. The van der Waals surface area contributed by atoms with E-state index in [1.54, 1.807) is 25.1 Å². The zero-order chi connectivity index (χ0) is 19.3. The number of carbonyl (C=O) groups excluding carboxylic acids is 1. The van der Waals surface area contributed by atoms with Crippen LogP contribution in [-0.4, -0.2) is 20.9 Å². The predicted molar refractivity (Wildman–Crippen MR) is 105 cm³/mol. The average molecular weight is 375 g/mol. The standard InChI is InChI=1S/C20H26N2O3S/c1-5-16-8-7-9-17(6-2)20(16)22-19(23)13-21-26(24,25)18-11-10-14(3)12-15(18)4/h7-12,21H,5-6,13H2,1-4H3,(H,22,23). The van der Waals surface area contributed by atoms with E-state index in [0.29, 0.717) is 5.56 Å². The number of amides is 1. The number of hydrogen-bond acceptors (Lipinski definition) is 3.